The minimum absolute atomic E-state index is 0.0873. The van der Waals surface area contributed by atoms with Crippen LogP contribution in [-0.2, 0) is 6.54 Å². The number of nitrogens with zero attached hydrogens (tertiary/aromatic N) is 3. The highest BCUT2D eigenvalue weighted by molar-refractivity contribution is 5.95. The Balaban J connectivity index is 1.73. The molecular weight excluding hydrogens is 382 g/mol. The van der Waals surface area contributed by atoms with Crippen LogP contribution < -0.4 is 15.0 Å². The quantitative estimate of drug-likeness (QED) is 0.651. The first-order chi connectivity index (χ1) is 14.5. The SMILES string of the molecule is Cc1ccn(-c2ccc3c(c2)OCO3)c(=O)c1C(=O)N(Cc1cccnc1)C(C)C. The molecule has 154 valence electrons. The van der Waals surface area contributed by atoms with Gasteiger partial charge >= 0.3 is 0 Å². The topological polar surface area (TPSA) is 73.7 Å². The lowest BCUT2D eigenvalue weighted by atomic mass is 10.1. The van der Waals surface area contributed by atoms with Crippen molar-refractivity contribution in [2.45, 2.75) is 33.4 Å². The average molecular weight is 405 g/mol. The van der Waals surface area contributed by atoms with Crippen LogP contribution >= 0.6 is 0 Å². The number of fused-ring (bicyclic) bond motifs is 1. The molecule has 0 saturated heterocycles. The van der Waals surface area contributed by atoms with Crippen LogP contribution in [0.5, 0.6) is 11.5 Å². The van der Waals surface area contributed by atoms with E-state index in [0.29, 0.717) is 29.3 Å². The molecule has 1 aliphatic rings. The summed E-state index contributed by atoms with van der Waals surface area (Å²) in [6, 6.07) is 10.7. The standard InChI is InChI=1S/C23H23N3O4/c1-15(2)26(13-17-5-4-9-24-12-17)23(28)21-16(3)8-10-25(22(21)27)18-6-7-19-20(11-18)30-14-29-19/h4-12,15H,13-14H2,1-3H3. The van der Waals surface area contributed by atoms with Gasteiger partial charge in [-0.1, -0.05) is 6.07 Å². The average Bonchev–Trinajstić information content (AvgIpc) is 3.20. The Morgan fingerprint density at radius 2 is 2.00 bits per heavy atom. The number of ether oxygens (including phenoxy) is 2. The van der Waals surface area contributed by atoms with E-state index in [1.807, 2.05) is 26.0 Å². The molecule has 0 N–H and O–H groups in total. The fourth-order valence-corrected chi connectivity index (χ4v) is 3.45. The first-order valence-electron chi connectivity index (χ1n) is 9.78. The van der Waals surface area contributed by atoms with Crippen molar-refractivity contribution in [2.24, 2.45) is 0 Å². The molecule has 7 nitrogen and oxygen atoms in total. The molecule has 0 spiro atoms. The van der Waals surface area contributed by atoms with Gasteiger partial charge < -0.3 is 14.4 Å². The number of benzene rings is 1. The van der Waals surface area contributed by atoms with Crippen molar-refractivity contribution in [2.75, 3.05) is 6.79 Å². The van der Waals surface area contributed by atoms with Crippen molar-refractivity contribution in [3.8, 4) is 17.2 Å². The number of aryl methyl sites for hydroxylation is 1. The highest BCUT2D eigenvalue weighted by atomic mass is 16.7. The minimum atomic E-state index is -0.365. The fourth-order valence-electron chi connectivity index (χ4n) is 3.45. The molecule has 3 heterocycles. The van der Waals surface area contributed by atoms with Crippen LogP contribution in [-0.4, -0.2) is 33.2 Å². The number of hydrogen-bond donors (Lipinski definition) is 0. The molecule has 0 unspecified atom stereocenters. The van der Waals surface area contributed by atoms with Crippen LogP contribution in [0.2, 0.25) is 0 Å². The van der Waals surface area contributed by atoms with Crippen LogP contribution in [0.15, 0.2) is 59.8 Å². The van der Waals surface area contributed by atoms with Crippen molar-refractivity contribution in [1.29, 1.82) is 0 Å². The van der Waals surface area contributed by atoms with Gasteiger partial charge in [0, 0.05) is 37.2 Å². The second kappa shape index (κ2) is 8.02. The molecule has 7 heteroatoms. The fraction of sp³-hybridized carbons (Fsp3) is 0.261. The molecule has 30 heavy (non-hydrogen) atoms. The third-order valence-electron chi connectivity index (χ3n) is 5.11. The van der Waals surface area contributed by atoms with E-state index in [4.69, 9.17) is 9.47 Å². The molecule has 0 fully saturated rings. The lowest BCUT2D eigenvalue weighted by Gasteiger charge is -2.27. The number of hydrogen-bond acceptors (Lipinski definition) is 5. The van der Waals surface area contributed by atoms with Gasteiger partial charge in [-0.05, 0) is 56.2 Å². The molecule has 4 rings (SSSR count). The summed E-state index contributed by atoms with van der Waals surface area (Å²) in [7, 11) is 0. The van der Waals surface area contributed by atoms with E-state index in [1.165, 1.54) is 4.57 Å². The number of rotatable bonds is 5. The van der Waals surface area contributed by atoms with Gasteiger partial charge in [0.2, 0.25) is 6.79 Å². The van der Waals surface area contributed by atoms with Gasteiger partial charge in [0.15, 0.2) is 11.5 Å². The van der Waals surface area contributed by atoms with E-state index in [-0.39, 0.29) is 29.9 Å². The zero-order valence-electron chi connectivity index (χ0n) is 17.2. The Kier molecular flexibility index (Phi) is 5.27. The first kappa shape index (κ1) is 19.7. The Morgan fingerprint density at radius 3 is 2.73 bits per heavy atom. The maximum Gasteiger partial charge on any atom is 0.268 e. The summed E-state index contributed by atoms with van der Waals surface area (Å²) in [6.45, 7) is 6.18. The molecule has 0 atom stereocenters. The lowest BCUT2D eigenvalue weighted by molar-refractivity contribution is 0.0687. The highest BCUT2D eigenvalue weighted by Gasteiger charge is 2.25. The number of aromatic nitrogens is 2. The van der Waals surface area contributed by atoms with E-state index in [1.54, 1.807) is 54.7 Å². The summed E-state index contributed by atoms with van der Waals surface area (Å²) >= 11 is 0. The van der Waals surface area contributed by atoms with Crippen molar-refractivity contribution in [3.63, 3.8) is 0 Å². The molecule has 0 saturated carbocycles. The molecule has 1 aromatic carbocycles. The van der Waals surface area contributed by atoms with Crippen LogP contribution in [0.3, 0.4) is 0 Å². The normalized spacial score (nSPS) is 12.3. The number of pyridine rings is 2. The second-order valence-electron chi connectivity index (χ2n) is 7.47. The molecule has 0 bridgehead atoms. The van der Waals surface area contributed by atoms with Gasteiger partial charge in [-0.15, -0.1) is 0 Å². The van der Waals surface area contributed by atoms with E-state index in [2.05, 4.69) is 4.98 Å². The summed E-state index contributed by atoms with van der Waals surface area (Å²) in [5, 5.41) is 0. The summed E-state index contributed by atoms with van der Waals surface area (Å²) in [6.07, 6.45) is 5.09. The maximum absolute atomic E-state index is 13.5. The Labute approximate surface area is 174 Å². The van der Waals surface area contributed by atoms with Gasteiger partial charge in [0.05, 0.1) is 5.69 Å². The van der Waals surface area contributed by atoms with Gasteiger partial charge in [0.1, 0.15) is 5.56 Å². The highest BCUT2D eigenvalue weighted by Crippen LogP contribution is 2.33. The molecule has 3 aromatic rings. The van der Waals surface area contributed by atoms with E-state index in [0.717, 1.165) is 5.56 Å². The Hall–Kier alpha value is -3.61. The van der Waals surface area contributed by atoms with E-state index in [9.17, 15) is 9.59 Å². The first-order valence-corrected chi connectivity index (χ1v) is 9.78. The molecule has 2 aromatic heterocycles. The molecule has 1 aliphatic heterocycles. The van der Waals surface area contributed by atoms with Gasteiger partial charge in [-0.25, -0.2) is 0 Å². The maximum atomic E-state index is 13.5. The van der Waals surface area contributed by atoms with Gasteiger partial charge in [-0.2, -0.15) is 0 Å². The largest absolute Gasteiger partial charge is 0.454 e. The second-order valence-corrected chi connectivity index (χ2v) is 7.47. The van der Waals surface area contributed by atoms with Crippen molar-refractivity contribution < 1.29 is 14.3 Å². The van der Waals surface area contributed by atoms with Crippen LogP contribution in [0.25, 0.3) is 5.69 Å². The van der Waals surface area contributed by atoms with E-state index < -0.39 is 0 Å². The predicted octanol–water partition coefficient (Wildman–Crippen LogP) is 3.32. The van der Waals surface area contributed by atoms with Crippen LogP contribution in [0.1, 0.15) is 35.3 Å². The number of carbonyl (C=O) groups excluding carboxylic acids is 1. The van der Waals surface area contributed by atoms with Crippen molar-refractivity contribution in [3.05, 3.63) is 82.0 Å². The molecule has 1 amide bonds. The minimum Gasteiger partial charge on any atom is -0.454 e. The number of amides is 1. The van der Waals surface area contributed by atoms with Gasteiger partial charge in [0.25, 0.3) is 11.5 Å². The third-order valence-corrected chi connectivity index (χ3v) is 5.11. The van der Waals surface area contributed by atoms with E-state index >= 15 is 0 Å². The zero-order valence-corrected chi connectivity index (χ0v) is 17.2. The smallest absolute Gasteiger partial charge is 0.268 e. The zero-order chi connectivity index (χ0) is 21.3. The summed E-state index contributed by atoms with van der Waals surface area (Å²) < 4.78 is 12.2. The third kappa shape index (κ3) is 3.66. The summed E-state index contributed by atoms with van der Waals surface area (Å²) in [5.41, 5.74) is 1.95. The lowest BCUT2D eigenvalue weighted by Crippen LogP contribution is -2.40. The Morgan fingerprint density at radius 1 is 1.20 bits per heavy atom. The van der Waals surface area contributed by atoms with Crippen LogP contribution in [0.4, 0.5) is 0 Å². The van der Waals surface area contributed by atoms with Crippen molar-refractivity contribution >= 4 is 5.91 Å². The molecule has 0 radical (unpaired) electrons. The summed E-state index contributed by atoms with van der Waals surface area (Å²) in [5.74, 6) is 0.914. The van der Waals surface area contributed by atoms with Crippen LogP contribution in [0, 0.1) is 6.92 Å². The monoisotopic (exact) mass is 405 g/mol. The summed E-state index contributed by atoms with van der Waals surface area (Å²) in [4.78, 5) is 32.6. The van der Waals surface area contributed by atoms with Crippen molar-refractivity contribution in [1.82, 2.24) is 14.5 Å². The molecule has 0 aliphatic carbocycles. The molecular formula is C23H23N3O4. The van der Waals surface area contributed by atoms with Gasteiger partial charge in [-0.3, -0.25) is 19.1 Å². The number of carbonyl (C=O) groups is 1. The predicted molar refractivity (Wildman–Crippen MR) is 112 cm³/mol. The Bertz CT molecular complexity index is 1140.